The predicted molar refractivity (Wildman–Crippen MR) is 115 cm³/mol. The summed E-state index contributed by atoms with van der Waals surface area (Å²) in [6.07, 6.45) is 0.169. The maximum Gasteiger partial charge on any atom is 0.342 e. The van der Waals surface area contributed by atoms with Gasteiger partial charge in [0, 0.05) is 12.8 Å². The van der Waals surface area contributed by atoms with Gasteiger partial charge in [-0.3, -0.25) is 14.4 Å². The van der Waals surface area contributed by atoms with Crippen LogP contribution in [0.15, 0.2) is 42.5 Å². The molecule has 0 aliphatic carbocycles. The smallest absolute Gasteiger partial charge is 0.342 e. The first kappa shape index (κ1) is 22.4. The van der Waals surface area contributed by atoms with E-state index in [-0.39, 0.29) is 42.9 Å². The second-order valence-corrected chi connectivity index (χ2v) is 8.05. The molecule has 0 unspecified atom stereocenters. The van der Waals surface area contributed by atoms with Crippen molar-refractivity contribution in [3.8, 4) is 16.9 Å². The Morgan fingerprint density at radius 1 is 0.871 bits per heavy atom. The van der Waals surface area contributed by atoms with Crippen LogP contribution in [0.4, 0.5) is 0 Å². The molecule has 1 heterocycles. The van der Waals surface area contributed by atoms with Gasteiger partial charge in [0.05, 0.1) is 0 Å². The van der Waals surface area contributed by atoms with Crippen LogP contribution in [-0.2, 0) is 25.5 Å². The molecule has 0 radical (unpaired) electrons. The number of benzene rings is 2. The number of aryl methyl sites for hydroxylation is 1. The molecule has 0 amide bonds. The van der Waals surface area contributed by atoms with Gasteiger partial charge in [0.2, 0.25) is 11.6 Å². The van der Waals surface area contributed by atoms with E-state index >= 15 is 0 Å². The van der Waals surface area contributed by atoms with E-state index < -0.39 is 29.4 Å². The van der Waals surface area contributed by atoms with E-state index in [1.54, 1.807) is 13.0 Å². The fourth-order valence-corrected chi connectivity index (χ4v) is 3.67. The summed E-state index contributed by atoms with van der Waals surface area (Å²) in [5, 5.41) is 10.7. The minimum Gasteiger partial charge on any atom is -0.507 e. The van der Waals surface area contributed by atoms with Gasteiger partial charge < -0.3 is 9.84 Å². The van der Waals surface area contributed by atoms with Gasteiger partial charge in [-0.2, -0.15) is 0 Å². The van der Waals surface area contributed by atoms with Gasteiger partial charge in [-0.25, -0.2) is 4.79 Å². The molecule has 0 bridgehead atoms. The van der Waals surface area contributed by atoms with Crippen LogP contribution >= 0.6 is 0 Å². The number of esters is 1. The van der Waals surface area contributed by atoms with E-state index in [1.165, 1.54) is 6.07 Å². The normalized spacial score (nSPS) is 21.2. The summed E-state index contributed by atoms with van der Waals surface area (Å²) in [5.74, 6) is -3.40. The molecule has 6 heteroatoms. The number of phenolic OH excluding ortho intramolecular Hbond substituents is 1. The van der Waals surface area contributed by atoms with Gasteiger partial charge in [0.1, 0.15) is 17.4 Å². The fourth-order valence-electron chi connectivity index (χ4n) is 3.67. The van der Waals surface area contributed by atoms with Crippen LogP contribution in [0.25, 0.3) is 11.1 Å². The van der Waals surface area contributed by atoms with Crippen molar-refractivity contribution in [1.29, 1.82) is 0 Å². The number of ketones is 3. The highest BCUT2D eigenvalue weighted by Gasteiger charge is 2.27. The summed E-state index contributed by atoms with van der Waals surface area (Å²) in [4.78, 5) is 49.2. The highest BCUT2D eigenvalue weighted by atomic mass is 16.5. The topological polar surface area (TPSA) is 97.7 Å². The molecular formula is C25H26O6. The molecular weight excluding hydrogens is 396 g/mol. The van der Waals surface area contributed by atoms with Crippen LogP contribution in [0.2, 0.25) is 0 Å². The number of cyclic esters (lactones) is 1. The zero-order valence-corrected chi connectivity index (χ0v) is 17.7. The van der Waals surface area contributed by atoms with Crippen LogP contribution in [0.5, 0.6) is 5.75 Å². The molecule has 0 fully saturated rings. The Labute approximate surface area is 181 Å². The lowest BCUT2D eigenvalue weighted by Gasteiger charge is -2.22. The first-order valence-corrected chi connectivity index (χ1v) is 10.5. The summed E-state index contributed by atoms with van der Waals surface area (Å²) in [7, 11) is 0. The van der Waals surface area contributed by atoms with Gasteiger partial charge in [-0.1, -0.05) is 43.3 Å². The van der Waals surface area contributed by atoms with E-state index in [4.69, 9.17) is 4.74 Å². The summed E-state index contributed by atoms with van der Waals surface area (Å²) < 4.78 is 5.58. The molecule has 6 nitrogen and oxygen atoms in total. The lowest BCUT2D eigenvalue weighted by Crippen LogP contribution is -2.27. The minimum atomic E-state index is -0.963. The molecule has 2 aromatic rings. The van der Waals surface area contributed by atoms with Gasteiger partial charge in [-0.05, 0) is 54.9 Å². The van der Waals surface area contributed by atoms with Gasteiger partial charge in [-0.15, -0.1) is 0 Å². The van der Waals surface area contributed by atoms with E-state index in [0.29, 0.717) is 12.0 Å². The Morgan fingerprint density at radius 2 is 1.55 bits per heavy atom. The van der Waals surface area contributed by atoms with Gasteiger partial charge in [0.25, 0.3) is 5.78 Å². The SMILES string of the molecule is C[C@@H]1OC(=O)c2c(O)cc(-c3ccccc3)cc2CCCC(=O)C(=O)C(=O)CC[C@@H]1C. The second kappa shape index (κ2) is 9.69. The molecule has 1 aliphatic rings. The number of carbonyl (C=O) groups excluding carboxylic acids is 4. The molecule has 2 aromatic carbocycles. The number of carbonyl (C=O) groups is 4. The number of fused-ring (bicyclic) bond motifs is 1. The molecule has 1 N–H and O–H groups in total. The van der Waals surface area contributed by atoms with Crippen LogP contribution in [0.3, 0.4) is 0 Å². The highest BCUT2D eigenvalue weighted by molar-refractivity contribution is 6.63. The molecule has 0 aromatic heterocycles. The third-order valence-electron chi connectivity index (χ3n) is 5.79. The van der Waals surface area contributed by atoms with Crippen LogP contribution in [0, 0.1) is 5.92 Å². The molecule has 0 saturated carbocycles. The first-order valence-electron chi connectivity index (χ1n) is 10.5. The molecule has 0 spiro atoms. The van der Waals surface area contributed by atoms with Crippen molar-refractivity contribution < 1.29 is 29.0 Å². The van der Waals surface area contributed by atoms with Crippen molar-refractivity contribution in [2.45, 2.75) is 52.1 Å². The van der Waals surface area contributed by atoms with Crippen molar-refractivity contribution in [1.82, 2.24) is 0 Å². The molecule has 31 heavy (non-hydrogen) atoms. The number of Topliss-reactive ketones (excluding diaryl/α,β-unsaturated/α-hetero) is 3. The zero-order valence-electron chi connectivity index (χ0n) is 17.7. The van der Waals surface area contributed by atoms with E-state index in [9.17, 15) is 24.3 Å². The monoisotopic (exact) mass is 422 g/mol. The Hall–Kier alpha value is -3.28. The quantitative estimate of drug-likeness (QED) is 0.550. The Morgan fingerprint density at radius 3 is 2.26 bits per heavy atom. The summed E-state index contributed by atoms with van der Waals surface area (Å²) in [6, 6.07) is 12.7. The van der Waals surface area contributed by atoms with Crippen molar-refractivity contribution in [3.05, 3.63) is 53.6 Å². The van der Waals surface area contributed by atoms with Crippen molar-refractivity contribution in [2.75, 3.05) is 0 Å². The first-order chi connectivity index (χ1) is 14.8. The number of hydrogen-bond acceptors (Lipinski definition) is 6. The summed E-state index contributed by atoms with van der Waals surface area (Å²) in [5.41, 5.74) is 2.20. The van der Waals surface area contributed by atoms with Crippen LogP contribution in [-0.4, -0.2) is 34.5 Å². The third kappa shape index (κ3) is 5.26. The predicted octanol–water partition coefficient (Wildman–Crippen LogP) is 4.06. The lowest BCUT2D eigenvalue weighted by atomic mass is 9.92. The largest absolute Gasteiger partial charge is 0.507 e. The second-order valence-electron chi connectivity index (χ2n) is 8.05. The zero-order chi connectivity index (χ0) is 22.5. The number of hydrogen-bond donors (Lipinski definition) is 1. The standard InChI is InChI=1S/C25H26O6/c1-15-11-12-21(27)24(29)20(26)10-6-9-18-13-19(17-7-4-3-5-8-17)14-22(28)23(18)25(30)31-16(15)2/h3-5,7-8,13-16,28H,6,9-12H2,1-2H3/t15-,16-/m0/s1. The fraction of sp³-hybridized carbons (Fsp3) is 0.360. The Balaban J connectivity index is 2.00. The molecule has 2 atom stereocenters. The van der Waals surface area contributed by atoms with Crippen LogP contribution < -0.4 is 0 Å². The summed E-state index contributed by atoms with van der Waals surface area (Å²) in [6.45, 7) is 3.52. The van der Waals surface area contributed by atoms with Crippen molar-refractivity contribution >= 4 is 23.3 Å². The molecule has 3 rings (SSSR count). The Bertz CT molecular complexity index is 1010. The van der Waals surface area contributed by atoms with Crippen molar-refractivity contribution in [2.24, 2.45) is 5.92 Å². The number of ether oxygens (including phenoxy) is 1. The lowest BCUT2D eigenvalue weighted by molar-refractivity contribution is -0.144. The highest BCUT2D eigenvalue weighted by Crippen LogP contribution is 2.32. The maximum absolute atomic E-state index is 12.9. The average Bonchev–Trinajstić information content (AvgIpc) is 2.76. The molecule has 0 saturated heterocycles. The minimum absolute atomic E-state index is 0.0596. The summed E-state index contributed by atoms with van der Waals surface area (Å²) >= 11 is 0. The molecule has 162 valence electrons. The Kier molecular flexibility index (Phi) is 7.00. The third-order valence-corrected chi connectivity index (χ3v) is 5.79. The molecule has 1 aliphatic heterocycles. The van der Waals surface area contributed by atoms with Gasteiger partial charge in [0.15, 0.2) is 0 Å². The van der Waals surface area contributed by atoms with Crippen LogP contribution in [0.1, 0.15) is 55.5 Å². The van der Waals surface area contributed by atoms with E-state index in [0.717, 1.165) is 11.1 Å². The average molecular weight is 422 g/mol. The number of aromatic hydroxyl groups is 1. The number of rotatable bonds is 1. The maximum atomic E-state index is 12.9. The van der Waals surface area contributed by atoms with E-state index in [1.807, 2.05) is 37.3 Å². The van der Waals surface area contributed by atoms with Crippen molar-refractivity contribution in [3.63, 3.8) is 0 Å². The number of phenols is 1. The van der Waals surface area contributed by atoms with Gasteiger partial charge >= 0.3 is 5.97 Å². The van der Waals surface area contributed by atoms with E-state index in [2.05, 4.69) is 0 Å².